The minimum Gasteiger partial charge on any atom is -0.378 e. The van der Waals surface area contributed by atoms with E-state index >= 15 is 0 Å². The Morgan fingerprint density at radius 3 is 2.92 bits per heavy atom. The van der Waals surface area contributed by atoms with Gasteiger partial charge in [-0.05, 0) is 26.8 Å². The van der Waals surface area contributed by atoms with Crippen LogP contribution in [0.25, 0.3) is 0 Å². The fourth-order valence-electron chi connectivity index (χ4n) is 1.76. The van der Waals surface area contributed by atoms with E-state index in [0.29, 0.717) is 0 Å². The number of nitrogens with one attached hydrogen (secondary N) is 1. The third-order valence-electron chi connectivity index (χ3n) is 2.56. The van der Waals surface area contributed by atoms with Crippen molar-refractivity contribution in [3.8, 4) is 6.07 Å². The lowest BCUT2D eigenvalue weighted by molar-refractivity contribution is 0.0647. The second kappa shape index (κ2) is 3.88. The van der Waals surface area contributed by atoms with Crippen LogP contribution in [-0.4, -0.2) is 25.3 Å². The summed E-state index contributed by atoms with van der Waals surface area (Å²) in [5, 5.41) is 12.0. The van der Waals surface area contributed by atoms with E-state index in [1.807, 2.05) is 14.0 Å². The Bertz CT molecular complexity index is 187. The van der Waals surface area contributed by atoms with Crippen molar-refractivity contribution >= 4 is 0 Å². The lowest BCUT2D eigenvalue weighted by Gasteiger charge is -2.19. The first-order valence-electron chi connectivity index (χ1n) is 4.48. The molecule has 0 saturated heterocycles. The van der Waals surface area contributed by atoms with Crippen LogP contribution in [-0.2, 0) is 4.74 Å². The lowest BCUT2D eigenvalue weighted by atomic mass is 10.0. The molecule has 0 amide bonds. The molecule has 0 aromatic heterocycles. The number of ether oxygens (including phenoxy) is 1. The molecule has 0 bridgehead atoms. The number of hydrogen-bond acceptors (Lipinski definition) is 3. The van der Waals surface area contributed by atoms with E-state index in [9.17, 15) is 0 Å². The summed E-state index contributed by atoms with van der Waals surface area (Å²) < 4.78 is 5.47. The lowest BCUT2D eigenvalue weighted by Crippen LogP contribution is -2.39. The maximum atomic E-state index is 8.93. The Balaban J connectivity index is 2.48. The molecule has 3 nitrogen and oxygen atoms in total. The van der Waals surface area contributed by atoms with E-state index in [1.54, 1.807) is 0 Å². The number of rotatable bonds is 3. The predicted octanol–water partition coefficient (Wildman–Crippen LogP) is 1.06. The maximum Gasteiger partial charge on any atom is 0.109 e. The minimum atomic E-state index is -0.320. The van der Waals surface area contributed by atoms with Crippen LogP contribution in [0.3, 0.4) is 0 Å². The summed E-state index contributed by atoms with van der Waals surface area (Å²) in [6.07, 6.45) is 3.02. The first-order chi connectivity index (χ1) is 5.76. The quantitative estimate of drug-likeness (QED) is 0.685. The Hall–Kier alpha value is -0.590. The fraction of sp³-hybridized carbons (Fsp3) is 0.889. The molecule has 0 spiro atoms. The third-order valence-corrected chi connectivity index (χ3v) is 2.56. The van der Waals surface area contributed by atoms with Gasteiger partial charge in [-0.1, -0.05) is 0 Å². The number of nitriles is 1. The van der Waals surface area contributed by atoms with Crippen molar-refractivity contribution in [2.45, 2.75) is 37.8 Å². The summed E-state index contributed by atoms with van der Waals surface area (Å²) in [5.41, 5.74) is -0.320. The van der Waals surface area contributed by atoms with Crippen molar-refractivity contribution in [3.05, 3.63) is 0 Å². The summed E-state index contributed by atoms with van der Waals surface area (Å²) in [5.74, 6) is 0. The summed E-state index contributed by atoms with van der Waals surface area (Å²) in [4.78, 5) is 0. The molecule has 1 saturated carbocycles. The minimum absolute atomic E-state index is 0.280. The highest BCUT2D eigenvalue weighted by atomic mass is 16.5. The average Bonchev–Trinajstić information content (AvgIpc) is 2.50. The van der Waals surface area contributed by atoms with Gasteiger partial charge in [-0.2, -0.15) is 5.26 Å². The highest BCUT2D eigenvalue weighted by Gasteiger charge is 2.38. The second-order valence-electron chi connectivity index (χ2n) is 3.26. The fourth-order valence-corrected chi connectivity index (χ4v) is 1.76. The largest absolute Gasteiger partial charge is 0.378 e. The zero-order valence-electron chi connectivity index (χ0n) is 7.76. The van der Waals surface area contributed by atoms with Gasteiger partial charge in [0.2, 0.25) is 0 Å². The molecule has 3 heteroatoms. The summed E-state index contributed by atoms with van der Waals surface area (Å²) in [7, 11) is 1.84. The summed E-state index contributed by atoms with van der Waals surface area (Å²) in [6, 6.07) is 2.32. The summed E-state index contributed by atoms with van der Waals surface area (Å²) in [6.45, 7) is 2.74. The highest BCUT2D eigenvalue weighted by Crippen LogP contribution is 2.30. The van der Waals surface area contributed by atoms with Gasteiger partial charge in [0.1, 0.15) is 5.54 Å². The molecule has 68 valence electrons. The van der Waals surface area contributed by atoms with Gasteiger partial charge in [-0.15, -0.1) is 0 Å². The molecule has 12 heavy (non-hydrogen) atoms. The van der Waals surface area contributed by atoms with Crippen LogP contribution in [0.5, 0.6) is 0 Å². The van der Waals surface area contributed by atoms with E-state index in [1.165, 1.54) is 0 Å². The molecule has 1 N–H and O–H groups in total. The Morgan fingerprint density at radius 1 is 1.75 bits per heavy atom. The molecule has 0 aliphatic heterocycles. The highest BCUT2D eigenvalue weighted by molar-refractivity contribution is 5.11. The van der Waals surface area contributed by atoms with Crippen LogP contribution in [0.15, 0.2) is 0 Å². The monoisotopic (exact) mass is 168 g/mol. The van der Waals surface area contributed by atoms with Gasteiger partial charge in [-0.25, -0.2) is 0 Å². The van der Waals surface area contributed by atoms with Gasteiger partial charge in [0.05, 0.1) is 12.2 Å². The van der Waals surface area contributed by atoms with Gasteiger partial charge in [0.15, 0.2) is 0 Å². The van der Waals surface area contributed by atoms with Crippen molar-refractivity contribution in [2.24, 2.45) is 0 Å². The van der Waals surface area contributed by atoms with Crippen molar-refractivity contribution in [1.29, 1.82) is 5.26 Å². The standard InChI is InChI=1S/C9H16N2O/c1-3-12-8-4-5-9(6-8,7-10)11-2/h8,11H,3-6H2,1-2H3. The van der Waals surface area contributed by atoms with Crippen LogP contribution < -0.4 is 5.32 Å². The first kappa shape index (κ1) is 9.50. The average molecular weight is 168 g/mol. The van der Waals surface area contributed by atoms with Crippen LogP contribution in [0, 0.1) is 11.3 Å². The normalized spacial score (nSPS) is 34.9. The molecule has 2 atom stereocenters. The third kappa shape index (κ3) is 1.77. The molecule has 0 aromatic rings. The smallest absolute Gasteiger partial charge is 0.109 e. The van der Waals surface area contributed by atoms with Crippen LogP contribution in [0.2, 0.25) is 0 Å². The van der Waals surface area contributed by atoms with Gasteiger partial charge >= 0.3 is 0 Å². The number of hydrogen-bond donors (Lipinski definition) is 1. The molecule has 1 aliphatic rings. The molecule has 0 aromatic carbocycles. The maximum absolute atomic E-state index is 8.93. The molecular formula is C9H16N2O. The zero-order chi connectivity index (χ0) is 9.03. The van der Waals surface area contributed by atoms with E-state index < -0.39 is 0 Å². The van der Waals surface area contributed by atoms with Crippen LogP contribution in [0.1, 0.15) is 26.2 Å². The first-order valence-corrected chi connectivity index (χ1v) is 4.48. The van der Waals surface area contributed by atoms with E-state index in [2.05, 4.69) is 11.4 Å². The van der Waals surface area contributed by atoms with E-state index in [-0.39, 0.29) is 11.6 Å². The molecule has 2 unspecified atom stereocenters. The topological polar surface area (TPSA) is 45.0 Å². The summed E-state index contributed by atoms with van der Waals surface area (Å²) >= 11 is 0. The molecule has 1 fully saturated rings. The number of nitrogens with zero attached hydrogens (tertiary/aromatic N) is 1. The zero-order valence-corrected chi connectivity index (χ0v) is 7.76. The van der Waals surface area contributed by atoms with Crippen molar-refractivity contribution < 1.29 is 4.74 Å². The van der Waals surface area contributed by atoms with Gasteiger partial charge in [0, 0.05) is 13.0 Å². The Morgan fingerprint density at radius 2 is 2.50 bits per heavy atom. The van der Waals surface area contributed by atoms with Gasteiger partial charge in [0.25, 0.3) is 0 Å². The van der Waals surface area contributed by atoms with Crippen LogP contribution >= 0.6 is 0 Å². The molecule has 0 radical (unpaired) electrons. The Labute approximate surface area is 73.7 Å². The molecule has 1 rings (SSSR count). The predicted molar refractivity (Wildman–Crippen MR) is 46.7 cm³/mol. The van der Waals surface area contributed by atoms with Crippen molar-refractivity contribution in [1.82, 2.24) is 5.32 Å². The molecular weight excluding hydrogens is 152 g/mol. The van der Waals surface area contributed by atoms with Crippen LogP contribution in [0.4, 0.5) is 0 Å². The molecule has 0 heterocycles. The Kier molecular flexibility index (Phi) is 3.07. The van der Waals surface area contributed by atoms with E-state index in [0.717, 1.165) is 25.9 Å². The van der Waals surface area contributed by atoms with Gasteiger partial charge < -0.3 is 10.1 Å². The molecule has 1 aliphatic carbocycles. The van der Waals surface area contributed by atoms with E-state index in [4.69, 9.17) is 10.00 Å². The van der Waals surface area contributed by atoms with Crippen molar-refractivity contribution in [2.75, 3.05) is 13.7 Å². The van der Waals surface area contributed by atoms with Crippen molar-refractivity contribution in [3.63, 3.8) is 0 Å². The van der Waals surface area contributed by atoms with Gasteiger partial charge in [-0.3, -0.25) is 0 Å². The second-order valence-corrected chi connectivity index (χ2v) is 3.26. The SMILES string of the molecule is CCOC1CCC(C#N)(NC)C1.